The topological polar surface area (TPSA) is 314 Å². The fourth-order valence-electron chi connectivity index (χ4n) is 11.3. The molecule has 21 heteroatoms. The molecule has 4 aromatic carbocycles. The number of para-hydroxylation sites is 2. The largest absolute Gasteiger partial charge is 0.739 e. The molecule has 6 N–H and O–H groups in total. The maximum Gasteiger partial charge on any atom is 0.458 e. The van der Waals surface area contributed by atoms with E-state index in [0.29, 0.717) is 15.1 Å². The van der Waals surface area contributed by atoms with Gasteiger partial charge in [-0.1, -0.05) is 92.7 Å². The van der Waals surface area contributed by atoms with Crippen LogP contribution in [0.2, 0.25) is 0 Å². The van der Waals surface area contributed by atoms with E-state index >= 15 is 4.79 Å². The van der Waals surface area contributed by atoms with Gasteiger partial charge >= 0.3 is 29.8 Å². The molecule has 2 saturated carbocycles. The van der Waals surface area contributed by atoms with Gasteiger partial charge in [0.25, 0.3) is 11.4 Å². The molecule has 0 radical (unpaired) electrons. The van der Waals surface area contributed by atoms with Gasteiger partial charge in [-0.05, 0) is 60.9 Å². The lowest BCUT2D eigenvalue weighted by atomic mass is 9.44. The van der Waals surface area contributed by atoms with Crippen LogP contribution in [0.4, 0.5) is 5.95 Å². The van der Waals surface area contributed by atoms with Gasteiger partial charge in [0, 0.05) is 48.6 Å². The summed E-state index contributed by atoms with van der Waals surface area (Å²) < 4.78 is 30.7. The number of ketones is 1. The number of Topliss-reactive ketones (excluding diaryl/α,β-unsaturated/α-hetero) is 1. The third-order valence-electron chi connectivity index (χ3n) is 15.2. The number of rotatable bonds is 10. The normalized spacial score (nSPS) is 28.1. The van der Waals surface area contributed by atoms with Gasteiger partial charge in [0.05, 0.1) is 35.6 Å². The van der Waals surface area contributed by atoms with Crippen molar-refractivity contribution in [3.63, 3.8) is 0 Å². The summed E-state index contributed by atoms with van der Waals surface area (Å²) in [5.74, 6) is -7.19. The number of anilines is 1. The fraction of sp³-hybridized carbons (Fsp3) is 0.389. The highest BCUT2D eigenvalue weighted by molar-refractivity contribution is 5.96. The molecule has 11 atom stereocenters. The number of nitrogens with two attached hydrogens (primary N) is 1. The summed E-state index contributed by atoms with van der Waals surface area (Å²) in [7, 11) is 0. The highest BCUT2D eigenvalue weighted by Crippen LogP contribution is 2.64. The van der Waals surface area contributed by atoms with Crippen molar-refractivity contribution >= 4 is 52.5 Å². The third kappa shape index (κ3) is 9.40. The second kappa shape index (κ2) is 20.5. The molecule has 0 unspecified atom stereocenters. The van der Waals surface area contributed by atoms with Crippen LogP contribution < -0.4 is 20.6 Å². The molecule has 75 heavy (non-hydrogen) atoms. The molecule has 5 aromatic rings. The monoisotopic (exact) mass is 1030 g/mol. The van der Waals surface area contributed by atoms with E-state index in [2.05, 4.69) is 10.4 Å². The van der Waals surface area contributed by atoms with Gasteiger partial charge in [0.1, 0.15) is 23.9 Å². The Morgan fingerprint density at radius 2 is 1.40 bits per heavy atom. The number of ether oxygens (including phenoxy) is 5. The Bertz CT molecular complexity index is 3070. The number of aliphatic hydroxyl groups excluding tert-OH is 2. The van der Waals surface area contributed by atoms with E-state index in [-0.39, 0.29) is 52.3 Å². The van der Waals surface area contributed by atoms with Crippen LogP contribution in [0.15, 0.2) is 126 Å². The zero-order valence-electron chi connectivity index (χ0n) is 41.8. The summed E-state index contributed by atoms with van der Waals surface area (Å²) in [5.41, 5.74) is -1.40. The molecule has 1 amide bonds. The number of benzene rings is 4. The number of esters is 4. The molecular weight excluding hydrogens is 975 g/mol. The fourth-order valence-corrected chi connectivity index (χ4v) is 11.3. The molecule has 3 aliphatic carbocycles. The SMILES string of the molecule is CC(=O)O[C@H]1C(=O)[C@@]2(C)[C@H]([C@H](OC(=O)c3ccccc3)[C@]3(O)C[C@H](OC(=O)[C@H](O)[C@@H](NC(=O)c4ccccc4)c4ccccc4)C(C)=C1C3(C)C)[C@]1(OC(C)=O)CO[C@@H]1C[C@@H]2O.Nc1n[n+]([O-])c2ccccc2[n+]1[O-]. The van der Waals surface area contributed by atoms with Crippen molar-refractivity contribution < 1.29 is 77.3 Å². The third-order valence-corrected chi connectivity index (χ3v) is 15.2. The smallest absolute Gasteiger partial charge is 0.458 e. The minimum absolute atomic E-state index is 0.00289. The van der Waals surface area contributed by atoms with E-state index < -0.39 is 113 Å². The Morgan fingerprint density at radius 3 is 1.97 bits per heavy atom. The van der Waals surface area contributed by atoms with Gasteiger partial charge in [-0.25, -0.2) is 14.3 Å². The molecule has 0 spiro atoms. The minimum atomic E-state index is -2.39. The lowest BCUT2D eigenvalue weighted by Crippen LogP contribution is -2.82. The molecule has 4 aliphatic rings. The molecule has 21 nitrogen and oxygen atoms in total. The molecule has 2 bridgehead atoms. The second-order valence-corrected chi connectivity index (χ2v) is 19.9. The number of aromatic nitrogens is 3. The van der Waals surface area contributed by atoms with E-state index in [1.165, 1.54) is 38.1 Å². The first-order valence-corrected chi connectivity index (χ1v) is 24.0. The number of carbonyl (C=O) groups is 6. The summed E-state index contributed by atoms with van der Waals surface area (Å²) in [6.07, 6.45) is -10.5. The number of hydrogen-bond donors (Lipinski definition) is 5. The van der Waals surface area contributed by atoms with Gasteiger partial charge < -0.3 is 54.7 Å². The predicted octanol–water partition coefficient (Wildman–Crippen LogP) is 2.82. The first kappa shape index (κ1) is 53.4. The Morgan fingerprint density at radius 1 is 0.827 bits per heavy atom. The van der Waals surface area contributed by atoms with Gasteiger partial charge in [-0.15, -0.1) is 0 Å². The van der Waals surface area contributed by atoms with Crippen LogP contribution in [-0.2, 0) is 42.9 Å². The lowest BCUT2D eigenvalue weighted by molar-refractivity contribution is -0.672. The summed E-state index contributed by atoms with van der Waals surface area (Å²) in [4.78, 5) is 83.8. The molecule has 1 saturated heterocycles. The van der Waals surface area contributed by atoms with Crippen molar-refractivity contribution in [2.45, 2.75) is 108 Å². The maximum atomic E-state index is 15.5. The Balaban J connectivity index is 0.000000497. The van der Waals surface area contributed by atoms with Crippen molar-refractivity contribution in [3.8, 4) is 0 Å². The predicted molar refractivity (Wildman–Crippen MR) is 262 cm³/mol. The molecule has 2 heterocycles. The molecule has 1 aliphatic heterocycles. The van der Waals surface area contributed by atoms with Gasteiger partial charge in [0.2, 0.25) is 5.10 Å². The number of amides is 1. The van der Waals surface area contributed by atoms with Crippen LogP contribution in [0.1, 0.15) is 86.7 Å². The van der Waals surface area contributed by atoms with E-state index in [1.807, 2.05) is 0 Å². The Kier molecular flexibility index (Phi) is 14.6. The number of nitrogen functional groups attached to an aromatic ring is 1. The number of fused-ring (bicyclic) bond motifs is 6. The summed E-state index contributed by atoms with van der Waals surface area (Å²) in [6, 6.07) is 29.2. The van der Waals surface area contributed by atoms with E-state index in [0.717, 1.165) is 13.8 Å². The average Bonchev–Trinajstić information content (AvgIpc) is 3.39. The number of nitrogens with zero attached hydrogens (tertiary/aromatic N) is 3. The average molecular weight is 1030 g/mol. The standard InChI is InChI=1S/C47H51NO14.C7H6N4O2/c1-25-31(60-43(56)36(52)35(28-16-10-7-11-17-28)48-41(54)29-18-12-8-13-19-29)23-47(57)40(61-42(55)30-20-14-9-15-21-30)38-45(6,32(51)22-33-46(38,24-58-33)62-27(3)50)39(53)37(59-26(2)49)34(25)44(47,4)5;8-7-9-11(13)6-4-2-1-3-5(6)10(7)12/h7-21,31-33,35-38,40,51-52,57H,22-24H2,1-6H3,(H,48,54);1-4H,(H2,8,9)/t31-,32-,33+,35-,36+,37+,38-,40-,45+,46-,47+;/m0./s1. The van der Waals surface area contributed by atoms with Crippen molar-refractivity contribution in [3.05, 3.63) is 154 Å². The van der Waals surface area contributed by atoms with Crippen LogP contribution in [0.5, 0.6) is 0 Å². The van der Waals surface area contributed by atoms with E-state index in [1.54, 1.807) is 105 Å². The van der Waals surface area contributed by atoms with Crippen molar-refractivity contribution in [1.29, 1.82) is 0 Å². The summed E-state index contributed by atoms with van der Waals surface area (Å²) in [6.45, 7) is 7.97. The van der Waals surface area contributed by atoms with Crippen LogP contribution in [0.3, 0.4) is 0 Å². The zero-order chi connectivity index (χ0) is 54.4. The van der Waals surface area contributed by atoms with Crippen LogP contribution >= 0.6 is 0 Å². The zero-order valence-corrected chi connectivity index (χ0v) is 41.8. The Labute approximate surface area is 430 Å². The number of aliphatic hydroxyl groups is 3. The maximum absolute atomic E-state index is 15.5. The number of hydrogen-bond acceptors (Lipinski definition) is 18. The van der Waals surface area contributed by atoms with Crippen molar-refractivity contribution in [2.24, 2.45) is 16.7 Å². The molecular formula is C54H57N5O16. The highest BCUT2D eigenvalue weighted by Gasteiger charge is 2.78. The van der Waals surface area contributed by atoms with Crippen LogP contribution in [-0.4, -0.2) is 110 Å². The first-order valence-electron chi connectivity index (χ1n) is 24.0. The number of carbonyl (C=O) groups excluding carboxylic acids is 6. The van der Waals surface area contributed by atoms with E-state index in [4.69, 9.17) is 29.4 Å². The lowest BCUT2D eigenvalue weighted by Gasteiger charge is -2.67. The molecule has 9 rings (SSSR count). The van der Waals surface area contributed by atoms with Crippen molar-refractivity contribution in [1.82, 2.24) is 10.4 Å². The minimum Gasteiger partial charge on any atom is -0.739 e. The first-order chi connectivity index (χ1) is 35.5. The highest BCUT2D eigenvalue weighted by atomic mass is 16.6. The number of nitrogens with one attached hydrogen (secondary N) is 1. The van der Waals surface area contributed by atoms with E-state index in [9.17, 15) is 49.7 Å². The summed E-state index contributed by atoms with van der Waals surface area (Å²) >= 11 is 0. The quantitative estimate of drug-likeness (QED) is 0.0441. The van der Waals surface area contributed by atoms with Crippen molar-refractivity contribution in [2.75, 3.05) is 12.3 Å². The second-order valence-electron chi connectivity index (χ2n) is 19.9. The van der Waals surface area contributed by atoms with Gasteiger partial charge in [-0.3, -0.25) is 24.9 Å². The summed E-state index contributed by atoms with van der Waals surface area (Å²) in [5, 5.41) is 65.9. The van der Waals surface area contributed by atoms with Gasteiger partial charge in [0.15, 0.2) is 29.1 Å². The Hall–Kier alpha value is -7.85. The van der Waals surface area contributed by atoms with Crippen LogP contribution in [0, 0.1) is 27.2 Å². The molecule has 3 fully saturated rings. The van der Waals surface area contributed by atoms with Gasteiger partial charge in [-0.2, -0.15) is 0 Å². The molecule has 1 aromatic heterocycles. The van der Waals surface area contributed by atoms with Crippen LogP contribution in [0.25, 0.3) is 11.0 Å². The molecule has 394 valence electrons.